The third kappa shape index (κ3) is 3.85. The van der Waals surface area contributed by atoms with Gasteiger partial charge in [0.1, 0.15) is 0 Å². The number of amides is 1. The van der Waals surface area contributed by atoms with E-state index < -0.39 is 0 Å². The summed E-state index contributed by atoms with van der Waals surface area (Å²) in [6.07, 6.45) is 5.13. The highest BCUT2D eigenvalue weighted by atomic mass is 16.2. The third-order valence-corrected chi connectivity index (χ3v) is 5.33. The van der Waals surface area contributed by atoms with Crippen molar-refractivity contribution in [3.05, 3.63) is 53.9 Å². The van der Waals surface area contributed by atoms with Crippen LogP contribution in [0.2, 0.25) is 0 Å². The van der Waals surface area contributed by atoms with Crippen LogP contribution in [0.5, 0.6) is 0 Å². The molecule has 1 aromatic heterocycles. The van der Waals surface area contributed by atoms with Gasteiger partial charge < -0.3 is 9.80 Å². The van der Waals surface area contributed by atoms with Crippen LogP contribution in [0.15, 0.2) is 42.7 Å². The molecule has 0 atom stereocenters. The number of anilines is 1. The second kappa shape index (κ2) is 7.83. The minimum absolute atomic E-state index is 0.272. The number of nitrogens with zero attached hydrogens (tertiary/aromatic N) is 5. The van der Waals surface area contributed by atoms with Crippen molar-refractivity contribution in [1.29, 1.82) is 0 Å². The van der Waals surface area contributed by atoms with Crippen molar-refractivity contribution in [3.63, 3.8) is 0 Å². The molecule has 0 radical (unpaired) electrons. The molecule has 3 heterocycles. The van der Waals surface area contributed by atoms with Gasteiger partial charge in [-0.3, -0.25) is 9.69 Å². The highest BCUT2D eigenvalue weighted by Crippen LogP contribution is 2.19. The molecule has 1 amide bonds. The maximum atomic E-state index is 12.6. The molecule has 1 saturated heterocycles. The minimum atomic E-state index is 0.272. The fourth-order valence-electron chi connectivity index (χ4n) is 3.75. The Morgan fingerprint density at radius 2 is 1.65 bits per heavy atom. The van der Waals surface area contributed by atoms with Gasteiger partial charge in [0.25, 0.3) is 0 Å². The van der Waals surface area contributed by atoms with Crippen molar-refractivity contribution in [2.24, 2.45) is 0 Å². The zero-order chi connectivity index (χ0) is 17.8. The highest BCUT2D eigenvalue weighted by molar-refractivity contribution is 5.76. The Bertz CT molecular complexity index is 743. The largest absolute Gasteiger partial charge is 0.338 e. The molecule has 136 valence electrons. The number of hydrogen-bond acceptors (Lipinski definition) is 5. The summed E-state index contributed by atoms with van der Waals surface area (Å²) in [6, 6.07) is 10.3. The average Bonchev–Trinajstić information content (AvgIpc) is 2.72. The summed E-state index contributed by atoms with van der Waals surface area (Å²) in [5.74, 6) is 1.07. The molecule has 2 aliphatic heterocycles. The van der Waals surface area contributed by atoms with Gasteiger partial charge in [0.15, 0.2) is 0 Å². The Morgan fingerprint density at radius 1 is 0.923 bits per heavy atom. The van der Waals surface area contributed by atoms with Crippen molar-refractivity contribution in [2.45, 2.75) is 19.4 Å². The van der Waals surface area contributed by atoms with Crippen LogP contribution in [0, 0.1) is 0 Å². The Hall–Kier alpha value is -2.47. The number of benzene rings is 1. The molecule has 0 bridgehead atoms. The van der Waals surface area contributed by atoms with Crippen molar-refractivity contribution in [3.8, 4) is 0 Å². The molecule has 26 heavy (non-hydrogen) atoms. The maximum absolute atomic E-state index is 12.6. The summed E-state index contributed by atoms with van der Waals surface area (Å²) in [4.78, 5) is 27.8. The number of hydrogen-bond donors (Lipinski definition) is 0. The quantitative estimate of drug-likeness (QED) is 0.837. The fraction of sp³-hybridized carbons (Fsp3) is 0.450. The lowest BCUT2D eigenvalue weighted by molar-refractivity contribution is -0.132. The van der Waals surface area contributed by atoms with E-state index in [1.54, 1.807) is 12.4 Å². The van der Waals surface area contributed by atoms with E-state index in [9.17, 15) is 4.79 Å². The summed E-state index contributed by atoms with van der Waals surface area (Å²) in [6.45, 7) is 6.16. The molecule has 0 aliphatic carbocycles. The topological polar surface area (TPSA) is 52.6 Å². The van der Waals surface area contributed by atoms with Crippen molar-refractivity contribution in [1.82, 2.24) is 19.8 Å². The van der Waals surface area contributed by atoms with Crippen LogP contribution in [0.3, 0.4) is 0 Å². The van der Waals surface area contributed by atoms with Crippen LogP contribution >= 0.6 is 0 Å². The van der Waals surface area contributed by atoms with Gasteiger partial charge in [-0.05, 0) is 23.6 Å². The van der Waals surface area contributed by atoms with Crippen LogP contribution in [-0.2, 0) is 17.8 Å². The zero-order valence-electron chi connectivity index (χ0n) is 15.0. The molecule has 2 aliphatic rings. The summed E-state index contributed by atoms with van der Waals surface area (Å²) >= 11 is 0. The van der Waals surface area contributed by atoms with E-state index in [1.807, 2.05) is 11.0 Å². The predicted octanol–water partition coefficient (Wildman–Crippen LogP) is 1.57. The first-order valence-electron chi connectivity index (χ1n) is 9.38. The summed E-state index contributed by atoms with van der Waals surface area (Å²) in [5.41, 5.74) is 2.68. The number of carbonyl (C=O) groups is 1. The van der Waals surface area contributed by atoms with Crippen molar-refractivity contribution >= 4 is 11.9 Å². The minimum Gasteiger partial charge on any atom is -0.338 e. The molecule has 0 unspecified atom stereocenters. The van der Waals surface area contributed by atoms with Gasteiger partial charge in [-0.1, -0.05) is 24.3 Å². The van der Waals surface area contributed by atoms with E-state index in [-0.39, 0.29) is 5.91 Å². The van der Waals surface area contributed by atoms with E-state index in [0.717, 1.165) is 58.2 Å². The molecular weight excluding hydrogens is 326 g/mol. The van der Waals surface area contributed by atoms with Crippen molar-refractivity contribution in [2.75, 3.05) is 44.2 Å². The van der Waals surface area contributed by atoms with Gasteiger partial charge in [-0.25, -0.2) is 9.97 Å². The molecule has 6 nitrogen and oxygen atoms in total. The van der Waals surface area contributed by atoms with E-state index in [1.165, 1.54) is 11.1 Å². The van der Waals surface area contributed by atoms with Crippen LogP contribution < -0.4 is 4.90 Å². The molecule has 4 rings (SSSR count). The highest BCUT2D eigenvalue weighted by Gasteiger charge is 2.22. The second-order valence-electron chi connectivity index (χ2n) is 6.96. The van der Waals surface area contributed by atoms with Gasteiger partial charge in [0, 0.05) is 64.6 Å². The molecular formula is C20H25N5O. The summed E-state index contributed by atoms with van der Waals surface area (Å²) in [5, 5.41) is 0. The molecule has 0 spiro atoms. The number of carbonyl (C=O) groups excluding carboxylic acids is 1. The lowest BCUT2D eigenvalue weighted by Gasteiger charge is -2.35. The standard InChI is InChI=1S/C20H25N5O/c26-19(25-11-6-17-4-1-2-5-18(17)16-25)7-10-23-12-14-24(15-13-23)20-21-8-3-9-22-20/h1-5,8-9H,6-7,10-16H2. The maximum Gasteiger partial charge on any atom is 0.225 e. The molecule has 6 heteroatoms. The first-order valence-corrected chi connectivity index (χ1v) is 9.38. The predicted molar refractivity (Wildman–Crippen MR) is 101 cm³/mol. The van der Waals surface area contributed by atoms with Crippen LogP contribution in [0.25, 0.3) is 0 Å². The van der Waals surface area contributed by atoms with Crippen LogP contribution in [0.1, 0.15) is 17.5 Å². The Labute approximate surface area is 154 Å². The Morgan fingerprint density at radius 3 is 2.42 bits per heavy atom. The Balaban J connectivity index is 1.23. The number of piperazine rings is 1. The zero-order valence-corrected chi connectivity index (χ0v) is 15.0. The normalized spacial score (nSPS) is 17.8. The smallest absolute Gasteiger partial charge is 0.225 e. The number of aromatic nitrogens is 2. The van der Waals surface area contributed by atoms with Gasteiger partial charge in [-0.2, -0.15) is 0 Å². The molecule has 0 N–H and O–H groups in total. The van der Waals surface area contributed by atoms with E-state index in [0.29, 0.717) is 6.42 Å². The molecule has 1 fully saturated rings. The van der Waals surface area contributed by atoms with Gasteiger partial charge in [-0.15, -0.1) is 0 Å². The molecule has 1 aromatic carbocycles. The fourth-order valence-corrected chi connectivity index (χ4v) is 3.75. The number of rotatable bonds is 4. The average molecular weight is 351 g/mol. The third-order valence-electron chi connectivity index (χ3n) is 5.33. The lowest BCUT2D eigenvalue weighted by atomic mass is 10.00. The van der Waals surface area contributed by atoms with E-state index in [4.69, 9.17) is 0 Å². The van der Waals surface area contributed by atoms with E-state index in [2.05, 4.69) is 44.0 Å². The number of fused-ring (bicyclic) bond motifs is 1. The molecule has 2 aromatic rings. The SMILES string of the molecule is O=C(CCN1CCN(c2ncccn2)CC1)N1CCc2ccccc2C1. The Kier molecular flexibility index (Phi) is 5.11. The van der Waals surface area contributed by atoms with Gasteiger partial charge in [0.05, 0.1) is 0 Å². The monoisotopic (exact) mass is 351 g/mol. The summed E-state index contributed by atoms with van der Waals surface area (Å²) in [7, 11) is 0. The van der Waals surface area contributed by atoms with E-state index >= 15 is 0 Å². The second-order valence-corrected chi connectivity index (χ2v) is 6.96. The first kappa shape index (κ1) is 17.0. The molecule has 0 saturated carbocycles. The first-order chi connectivity index (χ1) is 12.8. The van der Waals surface area contributed by atoms with Gasteiger partial charge >= 0.3 is 0 Å². The van der Waals surface area contributed by atoms with Gasteiger partial charge in [0.2, 0.25) is 11.9 Å². The van der Waals surface area contributed by atoms with Crippen LogP contribution in [-0.4, -0.2) is 64.9 Å². The summed E-state index contributed by atoms with van der Waals surface area (Å²) < 4.78 is 0. The van der Waals surface area contributed by atoms with Crippen molar-refractivity contribution < 1.29 is 4.79 Å². The van der Waals surface area contributed by atoms with Crippen LogP contribution in [0.4, 0.5) is 5.95 Å². The lowest BCUT2D eigenvalue weighted by Crippen LogP contribution is -2.48.